The van der Waals surface area contributed by atoms with Crippen molar-refractivity contribution in [1.29, 1.82) is 0 Å². The summed E-state index contributed by atoms with van der Waals surface area (Å²) >= 11 is 0. The molecule has 1 aliphatic rings. The van der Waals surface area contributed by atoms with Gasteiger partial charge in [0.2, 0.25) is 0 Å². The molecule has 3 heteroatoms. The number of piperidine rings is 1. The number of likely N-dealkylation sites (tertiary alicyclic amines) is 1. The highest BCUT2D eigenvalue weighted by Crippen LogP contribution is 2.37. The van der Waals surface area contributed by atoms with Gasteiger partial charge in [-0.3, -0.25) is 0 Å². The molecule has 1 saturated heterocycles. The van der Waals surface area contributed by atoms with Gasteiger partial charge in [-0.05, 0) is 23.8 Å². The molecule has 20 heavy (non-hydrogen) atoms. The zero-order chi connectivity index (χ0) is 14.4. The Morgan fingerprint density at radius 1 is 1.15 bits per heavy atom. The fraction of sp³-hybridized carbons (Fsp3) is 0.588. The summed E-state index contributed by atoms with van der Waals surface area (Å²) < 4.78 is 5.39. The maximum atomic E-state index is 12.1. The van der Waals surface area contributed by atoms with Crippen LogP contribution in [-0.2, 0) is 11.3 Å². The summed E-state index contributed by atoms with van der Waals surface area (Å²) in [6.45, 7) is 6.53. The van der Waals surface area contributed by atoms with Gasteiger partial charge in [-0.25, -0.2) is 4.79 Å². The van der Waals surface area contributed by atoms with Crippen LogP contribution in [0.25, 0.3) is 0 Å². The van der Waals surface area contributed by atoms with E-state index in [-0.39, 0.29) is 6.09 Å². The molecule has 0 aliphatic carbocycles. The van der Waals surface area contributed by atoms with Crippen LogP contribution < -0.4 is 0 Å². The second-order valence-electron chi connectivity index (χ2n) is 5.73. The molecule has 1 aliphatic heterocycles. The molecule has 110 valence electrons. The molecule has 0 unspecified atom stereocenters. The fourth-order valence-electron chi connectivity index (χ4n) is 2.93. The summed E-state index contributed by atoms with van der Waals surface area (Å²) in [7, 11) is 0. The molecule has 0 N–H and O–H groups in total. The molecular formula is C17H25NO2. The maximum absolute atomic E-state index is 12.1. The van der Waals surface area contributed by atoms with Crippen LogP contribution in [0.2, 0.25) is 0 Å². The first-order valence-electron chi connectivity index (χ1n) is 7.65. The van der Waals surface area contributed by atoms with Crippen molar-refractivity contribution >= 4 is 6.09 Å². The van der Waals surface area contributed by atoms with Gasteiger partial charge in [-0.15, -0.1) is 0 Å². The first-order chi connectivity index (χ1) is 9.69. The van der Waals surface area contributed by atoms with E-state index < -0.39 is 0 Å². The second kappa shape index (κ2) is 6.78. The highest BCUT2D eigenvalue weighted by Gasteiger charge is 2.33. The summed E-state index contributed by atoms with van der Waals surface area (Å²) in [5, 5.41) is 0. The molecule has 0 bridgehead atoms. The normalized spacial score (nSPS) is 17.8. The van der Waals surface area contributed by atoms with Crippen LogP contribution in [0.15, 0.2) is 30.3 Å². The van der Waals surface area contributed by atoms with Crippen molar-refractivity contribution in [3.63, 3.8) is 0 Å². The van der Waals surface area contributed by atoms with E-state index in [1.165, 1.54) is 12.8 Å². The number of nitrogens with zero attached hydrogens (tertiary/aromatic N) is 1. The maximum Gasteiger partial charge on any atom is 0.410 e. The highest BCUT2D eigenvalue weighted by molar-refractivity contribution is 5.67. The van der Waals surface area contributed by atoms with Gasteiger partial charge in [0.25, 0.3) is 0 Å². The molecule has 0 radical (unpaired) electrons. The lowest BCUT2D eigenvalue weighted by Gasteiger charge is -2.40. The largest absolute Gasteiger partial charge is 0.445 e. The molecule has 1 aromatic carbocycles. The standard InChI is InChI=1S/C17H25NO2/c1-3-17(4-2)10-12-18(13-11-17)16(19)20-14-15-8-6-5-7-9-15/h5-9H,3-4,10-14H2,1-2H3. The SMILES string of the molecule is CCC1(CC)CCN(C(=O)OCc2ccccc2)CC1. The fourth-order valence-corrected chi connectivity index (χ4v) is 2.93. The van der Waals surface area contributed by atoms with Crippen molar-refractivity contribution in [1.82, 2.24) is 4.90 Å². The van der Waals surface area contributed by atoms with Crippen LogP contribution in [0, 0.1) is 5.41 Å². The Balaban J connectivity index is 1.80. The zero-order valence-corrected chi connectivity index (χ0v) is 12.6. The molecule has 1 aromatic rings. The van der Waals surface area contributed by atoms with Crippen molar-refractivity contribution in [2.75, 3.05) is 13.1 Å². The number of hydrogen-bond donors (Lipinski definition) is 0. The number of carbonyl (C=O) groups is 1. The summed E-state index contributed by atoms with van der Waals surface area (Å²) in [6.07, 6.45) is 4.43. The van der Waals surface area contributed by atoms with E-state index in [2.05, 4.69) is 13.8 Å². The highest BCUT2D eigenvalue weighted by atomic mass is 16.6. The molecule has 0 saturated carbocycles. The lowest BCUT2D eigenvalue weighted by molar-refractivity contribution is 0.0581. The third-order valence-electron chi connectivity index (χ3n) is 4.79. The topological polar surface area (TPSA) is 29.5 Å². The van der Waals surface area contributed by atoms with E-state index in [0.29, 0.717) is 12.0 Å². The molecule has 1 heterocycles. The van der Waals surface area contributed by atoms with Gasteiger partial charge in [-0.1, -0.05) is 57.0 Å². The summed E-state index contributed by atoms with van der Waals surface area (Å²) in [4.78, 5) is 13.9. The molecule has 0 aromatic heterocycles. The number of benzene rings is 1. The predicted octanol–water partition coefficient (Wildman–Crippen LogP) is 4.23. The Bertz CT molecular complexity index is 416. The Kier molecular flexibility index (Phi) is 5.05. The van der Waals surface area contributed by atoms with E-state index in [0.717, 1.165) is 31.5 Å². The minimum atomic E-state index is -0.172. The van der Waals surface area contributed by atoms with Crippen LogP contribution in [0.3, 0.4) is 0 Å². The van der Waals surface area contributed by atoms with Crippen LogP contribution in [-0.4, -0.2) is 24.1 Å². The summed E-state index contributed by atoms with van der Waals surface area (Å²) in [5.74, 6) is 0. The summed E-state index contributed by atoms with van der Waals surface area (Å²) in [5.41, 5.74) is 1.48. The average Bonchev–Trinajstić information content (AvgIpc) is 2.53. The molecule has 1 amide bonds. The summed E-state index contributed by atoms with van der Waals surface area (Å²) in [6, 6.07) is 9.83. The number of carbonyl (C=O) groups excluding carboxylic acids is 1. The van der Waals surface area contributed by atoms with Crippen molar-refractivity contribution in [2.24, 2.45) is 5.41 Å². The minimum Gasteiger partial charge on any atom is -0.445 e. The monoisotopic (exact) mass is 275 g/mol. The number of amides is 1. The van der Waals surface area contributed by atoms with Crippen LogP contribution >= 0.6 is 0 Å². The zero-order valence-electron chi connectivity index (χ0n) is 12.6. The van der Waals surface area contributed by atoms with Gasteiger partial charge in [0, 0.05) is 13.1 Å². The molecule has 3 nitrogen and oxygen atoms in total. The Morgan fingerprint density at radius 2 is 1.75 bits per heavy atom. The van der Waals surface area contributed by atoms with Gasteiger partial charge in [-0.2, -0.15) is 0 Å². The van der Waals surface area contributed by atoms with E-state index in [1.54, 1.807) is 0 Å². The number of hydrogen-bond acceptors (Lipinski definition) is 2. The Morgan fingerprint density at radius 3 is 2.30 bits per heavy atom. The van der Waals surface area contributed by atoms with Crippen LogP contribution in [0.5, 0.6) is 0 Å². The van der Waals surface area contributed by atoms with E-state index in [9.17, 15) is 4.79 Å². The first kappa shape index (κ1) is 14.9. The van der Waals surface area contributed by atoms with Crippen molar-refractivity contribution in [3.8, 4) is 0 Å². The smallest absolute Gasteiger partial charge is 0.410 e. The quantitative estimate of drug-likeness (QED) is 0.823. The second-order valence-corrected chi connectivity index (χ2v) is 5.73. The average molecular weight is 275 g/mol. The van der Waals surface area contributed by atoms with Gasteiger partial charge >= 0.3 is 6.09 Å². The molecule has 2 rings (SSSR count). The van der Waals surface area contributed by atoms with E-state index >= 15 is 0 Å². The van der Waals surface area contributed by atoms with E-state index in [4.69, 9.17) is 4.74 Å². The minimum absolute atomic E-state index is 0.172. The predicted molar refractivity (Wildman–Crippen MR) is 80.4 cm³/mol. The lowest BCUT2D eigenvalue weighted by Crippen LogP contribution is -2.43. The van der Waals surface area contributed by atoms with Gasteiger partial charge in [0.1, 0.15) is 6.61 Å². The number of rotatable bonds is 4. The van der Waals surface area contributed by atoms with Crippen molar-refractivity contribution in [3.05, 3.63) is 35.9 Å². The third kappa shape index (κ3) is 3.53. The van der Waals surface area contributed by atoms with Gasteiger partial charge in [0.05, 0.1) is 0 Å². The molecular weight excluding hydrogens is 250 g/mol. The lowest BCUT2D eigenvalue weighted by atomic mass is 9.74. The van der Waals surface area contributed by atoms with E-state index in [1.807, 2.05) is 35.2 Å². The van der Waals surface area contributed by atoms with Crippen molar-refractivity contribution < 1.29 is 9.53 Å². The van der Waals surface area contributed by atoms with Crippen LogP contribution in [0.4, 0.5) is 4.79 Å². The Labute approximate surface area is 121 Å². The van der Waals surface area contributed by atoms with Gasteiger partial charge in [0.15, 0.2) is 0 Å². The Hall–Kier alpha value is -1.51. The first-order valence-corrected chi connectivity index (χ1v) is 7.65. The molecule has 1 fully saturated rings. The molecule has 0 atom stereocenters. The van der Waals surface area contributed by atoms with Crippen molar-refractivity contribution in [2.45, 2.75) is 46.1 Å². The number of ether oxygens (including phenoxy) is 1. The third-order valence-corrected chi connectivity index (χ3v) is 4.79. The molecule has 0 spiro atoms. The van der Waals surface area contributed by atoms with Gasteiger partial charge < -0.3 is 9.64 Å². The van der Waals surface area contributed by atoms with Crippen LogP contribution in [0.1, 0.15) is 45.1 Å².